The van der Waals surface area contributed by atoms with Gasteiger partial charge in [-0.2, -0.15) is 0 Å². The second-order valence-corrected chi connectivity index (χ2v) is 10.9. The second-order valence-electron chi connectivity index (χ2n) is 10.9. The highest BCUT2D eigenvalue weighted by Crippen LogP contribution is 2.48. The molecule has 0 radical (unpaired) electrons. The minimum Gasteiger partial charge on any atom is -0.497 e. The molecule has 0 fully saturated rings. The predicted octanol–water partition coefficient (Wildman–Crippen LogP) is 8.45. The van der Waals surface area contributed by atoms with Crippen LogP contribution in [0, 0.1) is 0 Å². The Hall–Kier alpha value is -4.71. The van der Waals surface area contributed by atoms with Gasteiger partial charge in [-0.05, 0) is 90.6 Å². The molecule has 0 aliphatic carbocycles. The van der Waals surface area contributed by atoms with Crippen molar-refractivity contribution in [1.29, 1.82) is 0 Å². The van der Waals surface area contributed by atoms with Crippen molar-refractivity contribution in [3.8, 4) is 11.5 Å². The van der Waals surface area contributed by atoms with Gasteiger partial charge >= 0.3 is 5.97 Å². The first-order valence-electron chi connectivity index (χ1n) is 15.4. The van der Waals surface area contributed by atoms with Gasteiger partial charge < -0.3 is 24.4 Å². The number of benzene rings is 4. The average Bonchev–Trinajstić information content (AvgIpc) is 3.08. The van der Waals surface area contributed by atoms with E-state index in [1.165, 1.54) is 16.7 Å². The van der Waals surface area contributed by atoms with E-state index in [9.17, 15) is 4.79 Å². The molecule has 1 aliphatic rings. The zero-order valence-electron chi connectivity index (χ0n) is 26.3. The van der Waals surface area contributed by atoms with E-state index in [2.05, 4.69) is 84.7 Å². The molecular formula is C38H42N2O4. The molecule has 1 aliphatic heterocycles. The fourth-order valence-electron chi connectivity index (χ4n) is 5.90. The van der Waals surface area contributed by atoms with Crippen molar-refractivity contribution in [2.24, 2.45) is 0 Å². The fraction of sp³-hybridized carbons (Fsp3) is 0.289. The molecule has 0 spiro atoms. The molecule has 5 rings (SSSR count). The first kappa shape index (κ1) is 30.7. The maximum Gasteiger partial charge on any atom is 0.338 e. The molecule has 2 atom stereocenters. The van der Waals surface area contributed by atoms with Gasteiger partial charge in [-0.25, -0.2) is 4.79 Å². The Morgan fingerprint density at radius 1 is 0.727 bits per heavy atom. The summed E-state index contributed by atoms with van der Waals surface area (Å²) in [6.45, 7) is 6.45. The van der Waals surface area contributed by atoms with Gasteiger partial charge in [-0.1, -0.05) is 62.4 Å². The highest BCUT2D eigenvalue weighted by atomic mass is 16.5. The maximum atomic E-state index is 14.0. The number of aryl methyl sites for hydroxylation is 2. The normalized spacial score (nSPS) is 16.4. The third-order valence-corrected chi connectivity index (χ3v) is 8.34. The summed E-state index contributed by atoms with van der Waals surface area (Å²) in [4.78, 5) is 16.4. The number of carbonyl (C=O) groups is 1. The summed E-state index contributed by atoms with van der Waals surface area (Å²) in [5, 5.41) is 3.63. The van der Waals surface area contributed by atoms with E-state index < -0.39 is 6.04 Å². The molecule has 4 aromatic rings. The Kier molecular flexibility index (Phi) is 9.90. The summed E-state index contributed by atoms with van der Waals surface area (Å²) in [6, 6.07) is 32.8. The van der Waals surface area contributed by atoms with Crippen LogP contribution in [0.3, 0.4) is 0 Å². The van der Waals surface area contributed by atoms with Crippen LogP contribution >= 0.6 is 0 Å². The molecule has 2 unspecified atom stereocenters. The van der Waals surface area contributed by atoms with E-state index in [-0.39, 0.29) is 18.6 Å². The molecule has 0 amide bonds. The summed E-state index contributed by atoms with van der Waals surface area (Å²) < 4.78 is 16.7. The molecule has 0 saturated carbocycles. The highest BCUT2D eigenvalue weighted by Gasteiger charge is 2.42. The Morgan fingerprint density at radius 2 is 1.25 bits per heavy atom. The minimum atomic E-state index is -0.418. The predicted molar refractivity (Wildman–Crippen MR) is 177 cm³/mol. The van der Waals surface area contributed by atoms with Crippen molar-refractivity contribution in [1.82, 2.24) is 0 Å². The molecule has 1 heterocycles. The maximum absolute atomic E-state index is 14.0. The third-order valence-electron chi connectivity index (χ3n) is 8.34. The molecule has 44 heavy (non-hydrogen) atoms. The lowest BCUT2D eigenvalue weighted by atomic mass is 9.83. The van der Waals surface area contributed by atoms with Crippen LogP contribution in [0.5, 0.6) is 11.5 Å². The molecule has 1 N–H and O–H groups in total. The van der Waals surface area contributed by atoms with E-state index in [1.807, 2.05) is 43.3 Å². The number of rotatable bonds is 11. The number of methoxy groups -OCH3 is 2. The Morgan fingerprint density at radius 3 is 1.75 bits per heavy atom. The van der Waals surface area contributed by atoms with Crippen molar-refractivity contribution in [2.45, 2.75) is 52.1 Å². The van der Waals surface area contributed by atoms with Crippen LogP contribution in [0.15, 0.2) is 108 Å². The van der Waals surface area contributed by atoms with Crippen molar-refractivity contribution in [3.63, 3.8) is 0 Å². The van der Waals surface area contributed by atoms with Crippen molar-refractivity contribution in [2.75, 3.05) is 31.0 Å². The largest absolute Gasteiger partial charge is 0.497 e. The van der Waals surface area contributed by atoms with E-state index in [4.69, 9.17) is 14.2 Å². The van der Waals surface area contributed by atoms with E-state index in [0.717, 1.165) is 47.0 Å². The van der Waals surface area contributed by atoms with Crippen LogP contribution in [-0.2, 0) is 22.4 Å². The summed E-state index contributed by atoms with van der Waals surface area (Å²) >= 11 is 0. The van der Waals surface area contributed by atoms with Crippen molar-refractivity contribution >= 4 is 17.3 Å². The summed E-state index contributed by atoms with van der Waals surface area (Å²) in [6.07, 6.45) is 2.47. The van der Waals surface area contributed by atoms with Crippen LogP contribution in [0.4, 0.5) is 11.4 Å². The van der Waals surface area contributed by atoms with Gasteiger partial charge in [-0.15, -0.1) is 0 Å². The Bertz CT molecular complexity index is 1560. The second kappa shape index (κ2) is 14.2. The topological polar surface area (TPSA) is 60.0 Å². The number of anilines is 2. The zero-order chi connectivity index (χ0) is 31.1. The van der Waals surface area contributed by atoms with Crippen LogP contribution in [0.1, 0.15) is 61.5 Å². The number of hydrogen-bond donors (Lipinski definition) is 1. The standard InChI is InChI=1S/C38H42N2O4/c1-6-26-9-13-28(14-10-26)35-25-34(39-30-17-21-32(42-4)22-18-30)36(38(41)44-8-3)37(29-15-11-27(7-2)12-16-29)40(35)31-19-23-33(43-5)24-20-31/h9-24,35,37,39H,6-8,25H2,1-5H3. The molecule has 6 nitrogen and oxygen atoms in total. The summed E-state index contributed by atoms with van der Waals surface area (Å²) in [5.74, 6) is 1.22. The van der Waals surface area contributed by atoms with Crippen molar-refractivity contribution < 1.29 is 19.0 Å². The van der Waals surface area contributed by atoms with Gasteiger partial charge in [0.2, 0.25) is 0 Å². The number of esters is 1. The van der Waals surface area contributed by atoms with E-state index in [0.29, 0.717) is 12.0 Å². The van der Waals surface area contributed by atoms with Gasteiger partial charge in [0, 0.05) is 23.5 Å². The van der Waals surface area contributed by atoms with E-state index in [1.54, 1.807) is 14.2 Å². The van der Waals surface area contributed by atoms with Crippen LogP contribution in [0.25, 0.3) is 0 Å². The van der Waals surface area contributed by atoms with Crippen LogP contribution in [0.2, 0.25) is 0 Å². The molecule has 228 valence electrons. The van der Waals surface area contributed by atoms with Crippen molar-refractivity contribution in [3.05, 3.63) is 131 Å². The minimum absolute atomic E-state index is 0.0796. The lowest BCUT2D eigenvalue weighted by molar-refractivity contribution is -0.139. The number of carbonyl (C=O) groups excluding carboxylic acids is 1. The lowest BCUT2D eigenvalue weighted by Gasteiger charge is -2.46. The number of nitrogens with one attached hydrogen (secondary N) is 1. The van der Waals surface area contributed by atoms with E-state index >= 15 is 0 Å². The van der Waals surface area contributed by atoms with Gasteiger partial charge in [0.1, 0.15) is 11.5 Å². The molecule has 0 saturated heterocycles. The average molecular weight is 591 g/mol. The molecule has 4 aromatic carbocycles. The third kappa shape index (κ3) is 6.60. The first-order chi connectivity index (χ1) is 21.5. The molecule has 0 aromatic heterocycles. The summed E-state index contributed by atoms with van der Waals surface area (Å²) in [7, 11) is 3.33. The van der Waals surface area contributed by atoms with Gasteiger partial charge in [0.15, 0.2) is 0 Å². The lowest BCUT2D eigenvalue weighted by Crippen LogP contribution is -2.41. The van der Waals surface area contributed by atoms with Gasteiger partial charge in [0.25, 0.3) is 0 Å². The molecule has 0 bridgehead atoms. The van der Waals surface area contributed by atoms with Crippen LogP contribution in [-0.4, -0.2) is 26.8 Å². The first-order valence-corrected chi connectivity index (χ1v) is 15.4. The number of nitrogens with zero attached hydrogens (tertiary/aromatic N) is 1. The Labute approximate surface area is 261 Å². The fourth-order valence-corrected chi connectivity index (χ4v) is 5.90. The zero-order valence-corrected chi connectivity index (χ0v) is 26.3. The van der Waals surface area contributed by atoms with Crippen LogP contribution < -0.4 is 19.7 Å². The van der Waals surface area contributed by atoms with Gasteiger partial charge in [0.05, 0.1) is 38.5 Å². The quantitative estimate of drug-likeness (QED) is 0.177. The monoisotopic (exact) mass is 590 g/mol. The number of ether oxygens (including phenoxy) is 3. The smallest absolute Gasteiger partial charge is 0.338 e. The summed E-state index contributed by atoms with van der Waals surface area (Å²) in [5.41, 5.74) is 8.02. The number of hydrogen-bond acceptors (Lipinski definition) is 6. The molecular weight excluding hydrogens is 548 g/mol. The highest BCUT2D eigenvalue weighted by molar-refractivity contribution is 5.93. The van der Waals surface area contributed by atoms with Gasteiger partial charge in [-0.3, -0.25) is 0 Å². The molecule has 6 heteroatoms. The SMILES string of the molecule is CCOC(=O)C1=C(Nc2ccc(OC)cc2)CC(c2ccc(CC)cc2)N(c2ccc(OC)cc2)C1c1ccc(CC)cc1. The Balaban J connectivity index is 1.75.